The summed E-state index contributed by atoms with van der Waals surface area (Å²) in [5, 5.41) is 1.10. The van der Waals surface area contributed by atoms with Gasteiger partial charge in [-0.1, -0.05) is 25.1 Å². The van der Waals surface area contributed by atoms with Crippen molar-refractivity contribution in [3.8, 4) is 16.9 Å². The van der Waals surface area contributed by atoms with Crippen LogP contribution in [0.3, 0.4) is 0 Å². The fraction of sp³-hybridized carbons (Fsp3) is 0.438. The van der Waals surface area contributed by atoms with Crippen LogP contribution in [-0.2, 0) is 22.5 Å². The van der Waals surface area contributed by atoms with Gasteiger partial charge in [-0.25, -0.2) is 4.98 Å². The molecule has 3 aromatic rings. The number of rotatable bonds is 6. The standard InChI is InChI=1S/C32H38N4O3/c1-20-11-23(32(37)36(3)17-21-8-10-39-19-21)5-6-26(20)28-16-34-31-27(28)13-25(15-33-31)24-12-22-7-9-35(2)18-29(22)30(14-24)38-4/h5-6,12-16,20-21H,7-11,17-19H2,1-4H3,(H,33,34)/t20?,21-/m0/s1. The molecule has 3 aliphatic rings. The van der Waals surface area contributed by atoms with Crippen LogP contribution >= 0.6 is 0 Å². The van der Waals surface area contributed by atoms with E-state index in [1.54, 1.807) is 7.11 Å². The number of ether oxygens (including phenoxy) is 2. The van der Waals surface area contributed by atoms with E-state index in [0.717, 1.165) is 91.2 Å². The minimum atomic E-state index is 0.125. The first-order valence-electron chi connectivity index (χ1n) is 14.0. The fourth-order valence-corrected chi connectivity index (χ4v) is 6.33. The highest BCUT2D eigenvalue weighted by atomic mass is 16.5. The average molecular weight is 527 g/mol. The molecule has 204 valence electrons. The van der Waals surface area contributed by atoms with Crippen LogP contribution in [0, 0.1) is 11.8 Å². The lowest BCUT2D eigenvalue weighted by Crippen LogP contribution is -2.33. The Bertz CT molecular complexity index is 1450. The molecule has 0 radical (unpaired) electrons. The Morgan fingerprint density at radius 2 is 2.13 bits per heavy atom. The van der Waals surface area contributed by atoms with Crippen LogP contribution in [0.2, 0.25) is 0 Å². The van der Waals surface area contributed by atoms with Gasteiger partial charge in [-0.3, -0.25) is 4.79 Å². The molecule has 2 aliphatic heterocycles. The Labute approximate surface area is 230 Å². The number of nitrogens with zero attached hydrogens (tertiary/aromatic N) is 3. The first-order valence-corrected chi connectivity index (χ1v) is 14.0. The highest BCUT2D eigenvalue weighted by Crippen LogP contribution is 2.38. The molecule has 0 saturated carbocycles. The number of methoxy groups -OCH3 is 1. The molecule has 39 heavy (non-hydrogen) atoms. The molecule has 0 spiro atoms. The van der Waals surface area contributed by atoms with Crippen LogP contribution in [-0.4, -0.2) is 73.2 Å². The predicted molar refractivity (Wildman–Crippen MR) is 155 cm³/mol. The van der Waals surface area contributed by atoms with Gasteiger partial charge >= 0.3 is 0 Å². The topological polar surface area (TPSA) is 70.7 Å². The molecule has 1 amide bonds. The van der Waals surface area contributed by atoms with Crippen molar-refractivity contribution >= 4 is 22.5 Å². The summed E-state index contributed by atoms with van der Waals surface area (Å²) >= 11 is 0. The second-order valence-corrected chi connectivity index (χ2v) is 11.5. The number of fused-ring (bicyclic) bond motifs is 2. The van der Waals surface area contributed by atoms with Gasteiger partial charge in [0.05, 0.1) is 13.7 Å². The number of likely N-dealkylation sites (N-methyl/N-ethyl adjacent to an activating group) is 2. The summed E-state index contributed by atoms with van der Waals surface area (Å²) in [5.74, 6) is 1.73. The van der Waals surface area contributed by atoms with Crippen molar-refractivity contribution < 1.29 is 14.3 Å². The van der Waals surface area contributed by atoms with Gasteiger partial charge in [-0.05, 0) is 61.1 Å². The number of allylic oxidation sites excluding steroid dienone is 3. The van der Waals surface area contributed by atoms with E-state index in [-0.39, 0.29) is 11.8 Å². The van der Waals surface area contributed by atoms with Gasteiger partial charge in [0.15, 0.2) is 0 Å². The van der Waals surface area contributed by atoms with Crippen molar-refractivity contribution in [2.45, 2.75) is 32.7 Å². The molecule has 7 heteroatoms. The zero-order valence-corrected chi connectivity index (χ0v) is 23.4. The van der Waals surface area contributed by atoms with E-state index in [1.807, 2.05) is 24.2 Å². The van der Waals surface area contributed by atoms with E-state index >= 15 is 0 Å². The normalized spacial score (nSPS) is 21.4. The van der Waals surface area contributed by atoms with Crippen LogP contribution < -0.4 is 4.74 Å². The lowest BCUT2D eigenvalue weighted by molar-refractivity contribution is -0.126. The number of nitrogens with one attached hydrogen (secondary N) is 1. The van der Waals surface area contributed by atoms with Crippen LogP contribution in [0.25, 0.3) is 27.7 Å². The van der Waals surface area contributed by atoms with E-state index in [0.29, 0.717) is 5.92 Å². The third-order valence-corrected chi connectivity index (χ3v) is 8.59. The van der Waals surface area contributed by atoms with E-state index in [1.165, 1.54) is 16.7 Å². The smallest absolute Gasteiger partial charge is 0.249 e. The lowest BCUT2D eigenvalue weighted by Gasteiger charge is -2.27. The SMILES string of the molecule is COc1cc(-c2cnc3[nH]cc(C4=CC=C(C(=O)N(C)C[C@@H]5CCOC5)CC4C)c3c2)cc2c1CN(C)CC2. The van der Waals surface area contributed by atoms with Gasteiger partial charge in [-0.15, -0.1) is 0 Å². The Balaban J connectivity index is 1.29. The molecule has 1 saturated heterocycles. The molecule has 1 fully saturated rings. The first kappa shape index (κ1) is 25.8. The maximum atomic E-state index is 13.2. The van der Waals surface area contributed by atoms with Crippen molar-refractivity contribution in [2.24, 2.45) is 11.8 Å². The third kappa shape index (κ3) is 5.01. The minimum Gasteiger partial charge on any atom is -0.496 e. The lowest BCUT2D eigenvalue weighted by atomic mass is 9.84. The summed E-state index contributed by atoms with van der Waals surface area (Å²) in [6, 6.07) is 6.68. The zero-order valence-electron chi connectivity index (χ0n) is 23.4. The number of pyridine rings is 1. The van der Waals surface area contributed by atoms with Gasteiger partial charge in [0, 0.05) is 79.3 Å². The van der Waals surface area contributed by atoms with Gasteiger partial charge in [0.1, 0.15) is 11.4 Å². The van der Waals surface area contributed by atoms with Crippen molar-refractivity contribution in [3.63, 3.8) is 0 Å². The summed E-state index contributed by atoms with van der Waals surface area (Å²) in [6.07, 6.45) is 10.9. The third-order valence-electron chi connectivity index (χ3n) is 8.59. The van der Waals surface area contributed by atoms with E-state index in [4.69, 9.17) is 14.5 Å². The number of hydrogen-bond donors (Lipinski definition) is 1. The maximum absolute atomic E-state index is 13.2. The molecule has 1 aliphatic carbocycles. The van der Waals surface area contributed by atoms with Crippen LogP contribution in [0.4, 0.5) is 0 Å². The van der Waals surface area contributed by atoms with Gasteiger partial charge < -0.3 is 24.3 Å². The van der Waals surface area contributed by atoms with Crippen LogP contribution in [0.1, 0.15) is 36.5 Å². The number of carbonyl (C=O) groups is 1. The quantitative estimate of drug-likeness (QED) is 0.486. The number of amides is 1. The summed E-state index contributed by atoms with van der Waals surface area (Å²) in [5.41, 5.74) is 8.98. The fourth-order valence-electron chi connectivity index (χ4n) is 6.33. The molecule has 1 unspecified atom stereocenters. The number of H-pyrrole nitrogens is 1. The Kier molecular flexibility index (Phi) is 7.04. The van der Waals surface area contributed by atoms with Crippen molar-refractivity contribution in [2.75, 3.05) is 47.5 Å². The maximum Gasteiger partial charge on any atom is 0.249 e. The van der Waals surface area contributed by atoms with Crippen LogP contribution in [0.5, 0.6) is 5.75 Å². The summed E-state index contributed by atoms with van der Waals surface area (Å²) in [7, 11) is 5.82. The molecule has 1 N–H and O–H groups in total. The van der Waals surface area contributed by atoms with Gasteiger partial charge in [0.2, 0.25) is 5.91 Å². The minimum absolute atomic E-state index is 0.125. The van der Waals surface area contributed by atoms with Crippen molar-refractivity contribution in [1.29, 1.82) is 0 Å². The second kappa shape index (κ2) is 10.6. The summed E-state index contributed by atoms with van der Waals surface area (Å²) in [6.45, 7) is 6.47. The van der Waals surface area contributed by atoms with Crippen LogP contribution in [0.15, 0.2) is 48.3 Å². The molecule has 1 aromatic carbocycles. The van der Waals surface area contributed by atoms with E-state index in [2.05, 4.69) is 54.3 Å². The highest BCUT2D eigenvalue weighted by molar-refractivity contribution is 5.98. The summed E-state index contributed by atoms with van der Waals surface area (Å²) < 4.78 is 11.3. The molecule has 6 rings (SSSR count). The molecular formula is C32H38N4O3. The largest absolute Gasteiger partial charge is 0.496 e. The molecule has 2 atom stereocenters. The number of benzene rings is 1. The molecule has 7 nitrogen and oxygen atoms in total. The average Bonchev–Trinajstić information content (AvgIpc) is 3.61. The van der Waals surface area contributed by atoms with Crippen molar-refractivity contribution in [3.05, 3.63) is 65.0 Å². The highest BCUT2D eigenvalue weighted by Gasteiger charge is 2.27. The monoisotopic (exact) mass is 526 g/mol. The Morgan fingerprint density at radius 3 is 2.90 bits per heavy atom. The molecular weight excluding hydrogens is 488 g/mol. The number of aromatic nitrogens is 2. The molecule has 4 heterocycles. The van der Waals surface area contributed by atoms with Gasteiger partial charge in [0.25, 0.3) is 0 Å². The number of carbonyl (C=O) groups excluding carboxylic acids is 1. The first-order chi connectivity index (χ1) is 18.9. The number of hydrogen-bond acceptors (Lipinski definition) is 5. The summed E-state index contributed by atoms with van der Waals surface area (Å²) in [4.78, 5) is 25.5. The Hall–Kier alpha value is -3.42. The zero-order chi connectivity index (χ0) is 27.1. The van der Waals surface area contributed by atoms with E-state index in [9.17, 15) is 4.79 Å². The van der Waals surface area contributed by atoms with E-state index < -0.39 is 0 Å². The Morgan fingerprint density at radius 1 is 1.26 bits per heavy atom. The number of aromatic amines is 1. The molecule has 2 aromatic heterocycles. The second-order valence-electron chi connectivity index (χ2n) is 11.5. The predicted octanol–water partition coefficient (Wildman–Crippen LogP) is 5.07. The molecule has 0 bridgehead atoms. The van der Waals surface area contributed by atoms with Crippen molar-refractivity contribution in [1.82, 2.24) is 19.8 Å². The van der Waals surface area contributed by atoms with Gasteiger partial charge in [-0.2, -0.15) is 0 Å².